The topological polar surface area (TPSA) is 25.8 Å². The molecule has 0 bridgehead atoms. The zero-order valence-electron chi connectivity index (χ0n) is 15.2. The van der Waals surface area contributed by atoms with Crippen LogP contribution in [-0.2, 0) is 13.2 Å². The van der Waals surface area contributed by atoms with Crippen molar-refractivity contribution in [1.29, 1.82) is 0 Å². The molecule has 1 saturated carbocycles. The molecule has 0 heterocycles. The first kappa shape index (κ1) is 19.5. The lowest BCUT2D eigenvalue weighted by Gasteiger charge is -2.19. The monoisotopic (exact) mass is 392 g/mol. The van der Waals surface area contributed by atoms with Crippen LogP contribution in [0.15, 0.2) is 42.5 Å². The minimum absolute atomic E-state index is 0.537. The van der Waals surface area contributed by atoms with Gasteiger partial charge >= 0.3 is 0 Å². The molecule has 0 amide bonds. The number of ether oxygens (including phenoxy) is 1. The molecule has 0 saturated heterocycles. The van der Waals surface area contributed by atoms with E-state index in [9.17, 15) is 0 Å². The molecule has 2 N–H and O–H groups in total. The van der Waals surface area contributed by atoms with E-state index < -0.39 is 0 Å². The van der Waals surface area contributed by atoms with Crippen molar-refractivity contribution in [1.82, 2.24) is 0 Å². The molecule has 2 nitrogen and oxygen atoms in total. The Labute approximate surface area is 166 Å². The van der Waals surface area contributed by atoms with E-state index in [4.69, 9.17) is 27.9 Å². The quantitative estimate of drug-likeness (QED) is 0.665. The lowest BCUT2D eigenvalue weighted by atomic mass is 9.96. The first-order valence-corrected chi connectivity index (χ1v) is 10.5. The summed E-state index contributed by atoms with van der Waals surface area (Å²) < 4.78 is 6.08. The summed E-state index contributed by atoms with van der Waals surface area (Å²) >= 11 is 12.2. The summed E-state index contributed by atoms with van der Waals surface area (Å²) in [4.78, 5) is 0. The summed E-state index contributed by atoms with van der Waals surface area (Å²) in [6.07, 6.45) is 9.54. The molecule has 3 rings (SSSR count). The fraction of sp³-hybridized carbons (Fsp3) is 0.455. The van der Waals surface area contributed by atoms with Crippen molar-refractivity contribution in [3.63, 3.8) is 0 Å². The normalized spacial score (nSPS) is 16.1. The molecule has 0 aromatic heterocycles. The Hall–Kier alpha value is -1.22. The van der Waals surface area contributed by atoms with Gasteiger partial charge in [0.15, 0.2) is 0 Å². The third-order valence-electron chi connectivity index (χ3n) is 5.15. The van der Waals surface area contributed by atoms with Gasteiger partial charge in [0.25, 0.3) is 0 Å². The number of benzene rings is 2. The second-order valence-corrected chi connectivity index (χ2v) is 8.09. The van der Waals surface area contributed by atoms with Gasteiger partial charge in [-0.1, -0.05) is 54.6 Å². The predicted molar refractivity (Wildman–Crippen MR) is 109 cm³/mol. The van der Waals surface area contributed by atoms with Crippen LogP contribution in [0.25, 0.3) is 0 Å². The van der Waals surface area contributed by atoms with Crippen LogP contribution in [0.4, 0.5) is 0 Å². The molecule has 4 heteroatoms. The highest BCUT2D eigenvalue weighted by molar-refractivity contribution is 6.30. The minimum atomic E-state index is 0.537. The summed E-state index contributed by atoms with van der Waals surface area (Å²) in [5.74, 6) is 0.923. The molecule has 26 heavy (non-hydrogen) atoms. The van der Waals surface area contributed by atoms with E-state index in [0.29, 0.717) is 6.61 Å². The highest BCUT2D eigenvalue weighted by Gasteiger charge is 2.15. The number of nitrogens with two attached hydrogens (primary N) is 1. The van der Waals surface area contributed by atoms with E-state index in [2.05, 4.69) is 5.32 Å². The Kier molecular flexibility index (Phi) is 7.67. The fourth-order valence-corrected chi connectivity index (χ4v) is 3.93. The lowest BCUT2D eigenvalue weighted by Crippen LogP contribution is -2.88. The van der Waals surface area contributed by atoms with Crippen LogP contribution in [0.1, 0.15) is 56.1 Å². The summed E-state index contributed by atoms with van der Waals surface area (Å²) in [5.41, 5.74) is 2.29. The summed E-state index contributed by atoms with van der Waals surface area (Å²) in [5, 5.41) is 3.99. The molecule has 0 radical (unpaired) electrons. The Balaban J connectivity index is 1.60. The largest absolute Gasteiger partial charge is 0.488 e. The van der Waals surface area contributed by atoms with Crippen LogP contribution >= 0.6 is 23.2 Å². The second kappa shape index (κ2) is 10.2. The summed E-state index contributed by atoms with van der Waals surface area (Å²) in [6.45, 7) is 1.45. The van der Waals surface area contributed by atoms with Crippen LogP contribution in [-0.4, -0.2) is 6.04 Å². The van der Waals surface area contributed by atoms with Crippen LogP contribution in [0.2, 0.25) is 10.0 Å². The van der Waals surface area contributed by atoms with Gasteiger partial charge in [0, 0.05) is 15.6 Å². The van der Waals surface area contributed by atoms with Crippen molar-refractivity contribution in [2.75, 3.05) is 0 Å². The van der Waals surface area contributed by atoms with E-state index in [0.717, 1.165) is 33.9 Å². The highest BCUT2D eigenvalue weighted by Crippen LogP contribution is 2.24. The van der Waals surface area contributed by atoms with Gasteiger partial charge in [0.05, 0.1) is 6.04 Å². The Morgan fingerprint density at radius 3 is 2.23 bits per heavy atom. The molecule has 1 aliphatic rings. The van der Waals surface area contributed by atoms with Crippen molar-refractivity contribution >= 4 is 23.2 Å². The Morgan fingerprint density at radius 1 is 0.846 bits per heavy atom. The SMILES string of the molecule is Clc1ccc(COc2ccc(Cl)cc2C[NH2+]C2CCCCCCC2)cc1. The fourth-order valence-electron chi connectivity index (χ4n) is 3.61. The van der Waals surface area contributed by atoms with Crippen LogP contribution in [0.3, 0.4) is 0 Å². The molecule has 2 aromatic rings. The molecular weight excluding hydrogens is 365 g/mol. The van der Waals surface area contributed by atoms with Crippen molar-refractivity contribution in [2.45, 2.75) is 64.1 Å². The van der Waals surface area contributed by atoms with Gasteiger partial charge in [-0.15, -0.1) is 0 Å². The van der Waals surface area contributed by atoms with Crippen LogP contribution < -0.4 is 10.1 Å². The highest BCUT2D eigenvalue weighted by atomic mass is 35.5. The zero-order valence-corrected chi connectivity index (χ0v) is 16.7. The number of hydrogen-bond acceptors (Lipinski definition) is 1. The Bertz CT molecular complexity index is 679. The molecule has 2 aromatic carbocycles. The van der Waals surface area contributed by atoms with Gasteiger partial charge in [0.2, 0.25) is 0 Å². The van der Waals surface area contributed by atoms with Gasteiger partial charge in [-0.2, -0.15) is 0 Å². The minimum Gasteiger partial charge on any atom is -0.488 e. The van der Waals surface area contributed by atoms with Crippen molar-refractivity contribution in [2.24, 2.45) is 0 Å². The number of quaternary nitrogens is 1. The van der Waals surface area contributed by atoms with Gasteiger partial charge in [-0.25, -0.2) is 0 Å². The van der Waals surface area contributed by atoms with Gasteiger partial charge in [0.1, 0.15) is 18.9 Å². The number of halogens is 2. The van der Waals surface area contributed by atoms with Crippen molar-refractivity contribution < 1.29 is 10.1 Å². The average Bonchev–Trinajstić information content (AvgIpc) is 2.61. The first-order valence-electron chi connectivity index (χ1n) is 9.70. The van der Waals surface area contributed by atoms with E-state index in [1.54, 1.807) is 0 Å². The summed E-state index contributed by atoms with van der Waals surface area (Å²) in [7, 11) is 0. The van der Waals surface area contributed by atoms with Crippen molar-refractivity contribution in [3.05, 3.63) is 63.6 Å². The third kappa shape index (κ3) is 6.19. The second-order valence-electron chi connectivity index (χ2n) is 7.21. The molecule has 0 unspecified atom stereocenters. The van der Waals surface area contributed by atoms with Gasteiger partial charge in [-0.05, 0) is 61.6 Å². The zero-order chi connectivity index (χ0) is 18.2. The summed E-state index contributed by atoms with van der Waals surface area (Å²) in [6, 6.07) is 14.4. The molecular formula is C22H28Cl2NO+. The Morgan fingerprint density at radius 2 is 1.50 bits per heavy atom. The van der Waals surface area contributed by atoms with E-state index in [1.165, 1.54) is 50.5 Å². The number of rotatable bonds is 6. The first-order chi connectivity index (χ1) is 12.7. The average molecular weight is 393 g/mol. The molecule has 0 atom stereocenters. The van der Waals surface area contributed by atoms with Gasteiger partial charge in [-0.3, -0.25) is 0 Å². The van der Waals surface area contributed by atoms with E-state index >= 15 is 0 Å². The maximum absolute atomic E-state index is 6.24. The predicted octanol–water partition coefficient (Wildman–Crippen LogP) is 5.75. The van der Waals surface area contributed by atoms with Crippen LogP contribution in [0.5, 0.6) is 5.75 Å². The van der Waals surface area contributed by atoms with Crippen molar-refractivity contribution in [3.8, 4) is 5.75 Å². The maximum Gasteiger partial charge on any atom is 0.128 e. The van der Waals surface area contributed by atoms with Gasteiger partial charge < -0.3 is 10.1 Å². The third-order valence-corrected chi connectivity index (χ3v) is 5.64. The standard InChI is InChI=1S/C22H27Cl2NO/c23-19-10-8-17(9-11-19)16-26-22-13-12-20(24)14-18(22)15-25-21-6-4-2-1-3-5-7-21/h8-14,21,25H,1-7,15-16H2/p+1. The number of hydrogen-bond donors (Lipinski definition) is 1. The van der Waals surface area contributed by atoms with Crippen LogP contribution in [0, 0.1) is 0 Å². The smallest absolute Gasteiger partial charge is 0.128 e. The maximum atomic E-state index is 6.24. The molecule has 0 aliphatic heterocycles. The molecule has 1 aliphatic carbocycles. The molecule has 0 spiro atoms. The lowest BCUT2D eigenvalue weighted by molar-refractivity contribution is -0.706. The van der Waals surface area contributed by atoms with E-state index in [-0.39, 0.29) is 0 Å². The van der Waals surface area contributed by atoms with E-state index in [1.807, 2.05) is 42.5 Å². The molecule has 140 valence electrons. The molecule has 1 fully saturated rings.